The first-order chi connectivity index (χ1) is 12.0. The fourth-order valence-corrected chi connectivity index (χ4v) is 3.19. The summed E-state index contributed by atoms with van der Waals surface area (Å²) in [6.07, 6.45) is 3.44. The Hall–Kier alpha value is -2.76. The van der Waals surface area contributed by atoms with E-state index in [4.69, 9.17) is 5.11 Å². The van der Waals surface area contributed by atoms with Crippen molar-refractivity contribution in [2.24, 2.45) is 0 Å². The predicted octanol–water partition coefficient (Wildman–Crippen LogP) is 3.16. The summed E-state index contributed by atoms with van der Waals surface area (Å²) in [5.41, 5.74) is 0.974. The molecule has 1 N–H and O–H groups in total. The zero-order chi connectivity index (χ0) is 17.8. The summed E-state index contributed by atoms with van der Waals surface area (Å²) in [5, 5.41) is 9.05. The molecule has 130 valence electrons. The molecule has 1 atom stereocenters. The Labute approximate surface area is 145 Å². The van der Waals surface area contributed by atoms with Gasteiger partial charge in [0.05, 0.1) is 0 Å². The van der Waals surface area contributed by atoms with Crippen molar-refractivity contribution in [3.8, 4) is 0 Å². The van der Waals surface area contributed by atoms with Gasteiger partial charge in [0, 0.05) is 12.6 Å². The van der Waals surface area contributed by atoms with E-state index in [9.17, 15) is 14.0 Å². The van der Waals surface area contributed by atoms with Crippen molar-refractivity contribution in [3.63, 3.8) is 0 Å². The minimum absolute atomic E-state index is 0.00185. The number of carbonyl (C=O) groups excluding carboxylic acids is 1. The third-order valence-electron chi connectivity index (χ3n) is 4.46. The van der Waals surface area contributed by atoms with Gasteiger partial charge >= 0.3 is 5.97 Å². The van der Waals surface area contributed by atoms with Gasteiger partial charge in [0.25, 0.3) is 5.91 Å². The first-order valence-electron chi connectivity index (χ1n) is 8.30. The molecule has 1 aliphatic heterocycles. The zero-order valence-electron chi connectivity index (χ0n) is 13.7. The Morgan fingerprint density at radius 1 is 1.12 bits per heavy atom. The lowest BCUT2D eigenvalue weighted by Gasteiger charge is -2.35. The second-order valence-electron chi connectivity index (χ2n) is 6.19. The number of piperidine rings is 1. The zero-order valence-corrected chi connectivity index (χ0v) is 13.7. The average Bonchev–Trinajstić information content (AvgIpc) is 2.63. The number of nitrogens with zero attached hydrogens (tertiary/aromatic N) is 2. The van der Waals surface area contributed by atoms with E-state index < -0.39 is 5.97 Å². The molecule has 0 aliphatic carbocycles. The number of rotatable bonds is 4. The molecule has 3 rings (SSSR count). The quantitative estimate of drug-likeness (QED) is 0.926. The van der Waals surface area contributed by atoms with Gasteiger partial charge in [-0.2, -0.15) is 0 Å². The third-order valence-corrected chi connectivity index (χ3v) is 4.46. The van der Waals surface area contributed by atoms with Gasteiger partial charge < -0.3 is 10.0 Å². The maximum Gasteiger partial charge on any atom is 0.354 e. The van der Waals surface area contributed by atoms with Crippen molar-refractivity contribution in [3.05, 3.63) is 65.2 Å². The van der Waals surface area contributed by atoms with Crippen LogP contribution in [0.4, 0.5) is 4.39 Å². The maximum absolute atomic E-state index is 13.1. The first-order valence-corrected chi connectivity index (χ1v) is 8.30. The van der Waals surface area contributed by atoms with Gasteiger partial charge in [0.1, 0.15) is 17.2 Å². The van der Waals surface area contributed by atoms with Crippen molar-refractivity contribution < 1.29 is 19.1 Å². The highest BCUT2D eigenvalue weighted by atomic mass is 19.1. The van der Waals surface area contributed by atoms with Crippen molar-refractivity contribution in [1.29, 1.82) is 0 Å². The van der Waals surface area contributed by atoms with Crippen LogP contribution in [0, 0.1) is 5.82 Å². The highest BCUT2D eigenvalue weighted by Gasteiger charge is 2.28. The minimum atomic E-state index is -1.16. The number of aromatic carboxylic acids is 1. The van der Waals surface area contributed by atoms with Crippen LogP contribution < -0.4 is 0 Å². The fourth-order valence-electron chi connectivity index (χ4n) is 3.19. The number of pyridine rings is 1. The summed E-state index contributed by atoms with van der Waals surface area (Å²) in [6.45, 7) is 0.615. The number of carbonyl (C=O) groups is 2. The number of benzene rings is 1. The van der Waals surface area contributed by atoms with E-state index in [-0.39, 0.29) is 29.2 Å². The maximum atomic E-state index is 13.1. The lowest BCUT2D eigenvalue weighted by molar-refractivity contribution is 0.0607. The molecule has 5 nitrogen and oxygen atoms in total. The molecule has 25 heavy (non-hydrogen) atoms. The van der Waals surface area contributed by atoms with Crippen molar-refractivity contribution in [2.75, 3.05) is 6.54 Å². The minimum Gasteiger partial charge on any atom is -0.477 e. The molecule has 1 aliphatic rings. The van der Waals surface area contributed by atoms with Crippen LogP contribution in [-0.2, 0) is 6.42 Å². The van der Waals surface area contributed by atoms with Crippen molar-refractivity contribution in [1.82, 2.24) is 9.88 Å². The van der Waals surface area contributed by atoms with Crippen LogP contribution >= 0.6 is 0 Å². The van der Waals surface area contributed by atoms with Crippen LogP contribution in [0.25, 0.3) is 0 Å². The summed E-state index contributed by atoms with van der Waals surface area (Å²) in [6, 6.07) is 10.7. The first kappa shape index (κ1) is 17.1. The van der Waals surface area contributed by atoms with E-state index in [0.29, 0.717) is 13.0 Å². The summed E-state index contributed by atoms with van der Waals surface area (Å²) >= 11 is 0. The Bertz CT molecular complexity index is 776. The van der Waals surface area contributed by atoms with Gasteiger partial charge in [-0.15, -0.1) is 0 Å². The smallest absolute Gasteiger partial charge is 0.354 e. The molecule has 2 heterocycles. The molecule has 1 saturated heterocycles. The number of amides is 1. The number of carboxylic acid groups (broad SMARTS) is 1. The van der Waals surface area contributed by atoms with Gasteiger partial charge in [-0.3, -0.25) is 4.79 Å². The molecule has 6 heteroatoms. The summed E-state index contributed by atoms with van der Waals surface area (Å²) in [5.74, 6) is -1.69. The van der Waals surface area contributed by atoms with Gasteiger partial charge in [-0.05, 0) is 55.5 Å². The Morgan fingerprint density at radius 2 is 1.84 bits per heavy atom. The van der Waals surface area contributed by atoms with Crippen molar-refractivity contribution >= 4 is 11.9 Å². The molecule has 0 radical (unpaired) electrons. The molecule has 0 spiro atoms. The van der Waals surface area contributed by atoms with E-state index in [1.54, 1.807) is 23.1 Å². The second-order valence-corrected chi connectivity index (χ2v) is 6.19. The van der Waals surface area contributed by atoms with Crippen LogP contribution in [0.15, 0.2) is 42.5 Å². The summed E-state index contributed by atoms with van der Waals surface area (Å²) in [4.78, 5) is 29.6. The molecule has 1 aromatic heterocycles. The van der Waals surface area contributed by atoms with Crippen LogP contribution in [0.5, 0.6) is 0 Å². The Kier molecular flexibility index (Phi) is 5.07. The van der Waals surface area contributed by atoms with Crippen LogP contribution in [-0.4, -0.2) is 39.5 Å². The summed E-state index contributed by atoms with van der Waals surface area (Å²) < 4.78 is 13.1. The van der Waals surface area contributed by atoms with E-state index in [2.05, 4.69) is 4.98 Å². The molecule has 1 aromatic carbocycles. The molecule has 0 saturated carbocycles. The molecule has 1 unspecified atom stereocenters. The van der Waals surface area contributed by atoms with Crippen molar-refractivity contribution in [2.45, 2.75) is 31.7 Å². The van der Waals surface area contributed by atoms with E-state index >= 15 is 0 Å². The van der Waals surface area contributed by atoms with E-state index in [1.165, 1.54) is 24.3 Å². The summed E-state index contributed by atoms with van der Waals surface area (Å²) in [7, 11) is 0. The lowest BCUT2D eigenvalue weighted by atomic mass is 9.95. The van der Waals surface area contributed by atoms with Gasteiger partial charge in [0.2, 0.25) is 0 Å². The average molecular weight is 342 g/mol. The largest absolute Gasteiger partial charge is 0.477 e. The number of hydrogen-bond acceptors (Lipinski definition) is 3. The Balaban J connectivity index is 1.80. The highest BCUT2D eigenvalue weighted by Crippen LogP contribution is 2.23. The molecule has 0 bridgehead atoms. The number of carboxylic acids is 1. The molecule has 1 amide bonds. The highest BCUT2D eigenvalue weighted by molar-refractivity contribution is 5.94. The number of likely N-dealkylation sites (tertiary alicyclic amines) is 1. The van der Waals surface area contributed by atoms with E-state index in [1.807, 2.05) is 0 Å². The molecular weight excluding hydrogens is 323 g/mol. The second kappa shape index (κ2) is 7.42. The number of halogens is 1. The topological polar surface area (TPSA) is 70.5 Å². The van der Waals surface area contributed by atoms with E-state index in [0.717, 1.165) is 24.8 Å². The lowest BCUT2D eigenvalue weighted by Crippen LogP contribution is -2.45. The van der Waals surface area contributed by atoms with Gasteiger partial charge in [0.15, 0.2) is 0 Å². The van der Waals surface area contributed by atoms with Gasteiger partial charge in [-0.25, -0.2) is 14.2 Å². The van der Waals surface area contributed by atoms with Crippen LogP contribution in [0.1, 0.15) is 45.8 Å². The predicted molar refractivity (Wildman–Crippen MR) is 90.0 cm³/mol. The van der Waals surface area contributed by atoms with Gasteiger partial charge in [-0.1, -0.05) is 18.2 Å². The van der Waals surface area contributed by atoms with Crippen LogP contribution in [0.2, 0.25) is 0 Å². The molecule has 2 aromatic rings. The standard InChI is InChI=1S/C19H19FN2O3/c20-14-9-7-13(8-10-14)12-15-4-1-2-11-22(15)18(23)16-5-3-6-17(21-16)19(24)25/h3,5-10,15H,1-2,4,11-12H2,(H,24,25). The number of hydrogen-bond donors (Lipinski definition) is 1. The van der Waals surface area contributed by atoms with Crippen LogP contribution in [0.3, 0.4) is 0 Å². The monoisotopic (exact) mass is 342 g/mol. The third kappa shape index (κ3) is 4.02. The fraction of sp³-hybridized carbons (Fsp3) is 0.316. The molecular formula is C19H19FN2O3. The SMILES string of the molecule is O=C(O)c1cccc(C(=O)N2CCCCC2Cc2ccc(F)cc2)n1. The Morgan fingerprint density at radius 3 is 2.56 bits per heavy atom. The normalized spacial score (nSPS) is 17.3. The molecule has 1 fully saturated rings. The number of aromatic nitrogens is 1.